The van der Waals surface area contributed by atoms with Crippen LogP contribution >= 0.6 is 0 Å². The Bertz CT molecular complexity index is 546. The lowest BCUT2D eigenvalue weighted by Crippen LogP contribution is -2.48. The minimum absolute atomic E-state index is 0.193. The predicted octanol–water partition coefficient (Wildman–Crippen LogP) is 3.17. The molecule has 0 aromatic heterocycles. The van der Waals surface area contributed by atoms with Gasteiger partial charge in [-0.05, 0) is 42.5 Å². The van der Waals surface area contributed by atoms with Crippen LogP contribution in [0.2, 0.25) is 0 Å². The molecule has 0 bridgehead atoms. The summed E-state index contributed by atoms with van der Waals surface area (Å²) in [6, 6.07) is 4.58. The third kappa shape index (κ3) is 3.07. The summed E-state index contributed by atoms with van der Waals surface area (Å²) < 4.78 is 11.0. The van der Waals surface area contributed by atoms with Gasteiger partial charge in [0.15, 0.2) is 11.5 Å². The van der Waals surface area contributed by atoms with E-state index in [9.17, 15) is 5.11 Å². The van der Waals surface area contributed by atoms with Gasteiger partial charge in [0.1, 0.15) is 0 Å². The number of methoxy groups -OCH3 is 2. The Hall–Kier alpha value is -1.26. The quantitative estimate of drug-likeness (QED) is 0.905. The van der Waals surface area contributed by atoms with Crippen molar-refractivity contribution in [1.29, 1.82) is 0 Å². The summed E-state index contributed by atoms with van der Waals surface area (Å²) in [5.74, 6) is 1.92. The Morgan fingerprint density at radius 3 is 2.61 bits per heavy atom. The van der Waals surface area contributed by atoms with Gasteiger partial charge in [-0.15, -0.1) is 0 Å². The first-order valence-electron chi connectivity index (χ1n) is 8.86. The molecule has 23 heavy (non-hydrogen) atoms. The van der Waals surface area contributed by atoms with Crippen LogP contribution in [-0.2, 0) is 6.42 Å². The normalized spacial score (nSPS) is 27.2. The smallest absolute Gasteiger partial charge is 0.161 e. The number of fused-ring (bicyclic) bond motifs is 3. The van der Waals surface area contributed by atoms with Crippen molar-refractivity contribution in [2.45, 2.75) is 51.2 Å². The molecular weight excluding hydrogens is 290 g/mol. The molecule has 0 amide bonds. The summed E-state index contributed by atoms with van der Waals surface area (Å²) in [4.78, 5) is 2.56. The maximum absolute atomic E-state index is 10.6. The highest BCUT2D eigenvalue weighted by molar-refractivity contribution is 5.49. The van der Waals surface area contributed by atoms with Crippen molar-refractivity contribution < 1.29 is 14.6 Å². The van der Waals surface area contributed by atoms with Gasteiger partial charge in [0, 0.05) is 25.0 Å². The zero-order valence-electron chi connectivity index (χ0n) is 14.5. The minimum Gasteiger partial charge on any atom is -0.493 e. The molecule has 0 spiro atoms. The number of hydrogen-bond donors (Lipinski definition) is 1. The molecule has 2 heterocycles. The Labute approximate surface area is 139 Å². The number of aliphatic hydroxyl groups is 1. The molecule has 4 heteroatoms. The van der Waals surface area contributed by atoms with Gasteiger partial charge in [-0.3, -0.25) is 4.90 Å². The molecule has 1 fully saturated rings. The molecule has 2 aliphatic heterocycles. The standard InChI is InChI=1S/C19H29NO3/c1-4-5-6-14-16(21)8-10-20-9-7-13-11-17(22-2)18(23-3)12-15(13)19(14)20/h11-12,14,16,19,21H,4-10H2,1-3H3. The van der Waals surface area contributed by atoms with E-state index in [1.807, 2.05) is 0 Å². The van der Waals surface area contributed by atoms with Gasteiger partial charge in [0.25, 0.3) is 0 Å². The van der Waals surface area contributed by atoms with Crippen LogP contribution in [0.3, 0.4) is 0 Å². The number of aliphatic hydroxyl groups excluding tert-OH is 1. The maximum Gasteiger partial charge on any atom is 0.161 e. The summed E-state index contributed by atoms with van der Waals surface area (Å²) in [7, 11) is 3.38. The van der Waals surface area contributed by atoms with Crippen molar-refractivity contribution in [3.05, 3.63) is 23.3 Å². The molecule has 0 saturated carbocycles. The number of unbranched alkanes of at least 4 members (excludes halogenated alkanes) is 1. The first-order chi connectivity index (χ1) is 11.2. The van der Waals surface area contributed by atoms with Gasteiger partial charge in [-0.2, -0.15) is 0 Å². The van der Waals surface area contributed by atoms with E-state index in [0.717, 1.165) is 43.9 Å². The second-order valence-electron chi connectivity index (χ2n) is 6.80. The third-order valence-electron chi connectivity index (χ3n) is 5.53. The lowest BCUT2D eigenvalue weighted by atomic mass is 9.76. The number of hydrogen-bond acceptors (Lipinski definition) is 4. The second kappa shape index (κ2) is 7.10. The van der Waals surface area contributed by atoms with Crippen molar-refractivity contribution in [2.75, 3.05) is 27.3 Å². The van der Waals surface area contributed by atoms with E-state index >= 15 is 0 Å². The highest BCUT2D eigenvalue weighted by Crippen LogP contribution is 2.45. The van der Waals surface area contributed by atoms with Gasteiger partial charge in [-0.25, -0.2) is 0 Å². The molecule has 3 atom stereocenters. The Balaban J connectivity index is 1.99. The summed E-state index contributed by atoms with van der Waals surface area (Å²) in [6.07, 6.45) is 5.19. The van der Waals surface area contributed by atoms with E-state index in [2.05, 4.69) is 24.0 Å². The number of piperidine rings is 1. The van der Waals surface area contributed by atoms with Crippen molar-refractivity contribution in [3.63, 3.8) is 0 Å². The minimum atomic E-state index is -0.193. The maximum atomic E-state index is 10.6. The molecule has 128 valence electrons. The van der Waals surface area contributed by atoms with Gasteiger partial charge >= 0.3 is 0 Å². The van der Waals surface area contributed by atoms with E-state index in [1.165, 1.54) is 24.0 Å². The van der Waals surface area contributed by atoms with Crippen LogP contribution in [0.25, 0.3) is 0 Å². The predicted molar refractivity (Wildman–Crippen MR) is 91.2 cm³/mol. The molecule has 3 unspecified atom stereocenters. The van der Waals surface area contributed by atoms with Crippen molar-refractivity contribution in [3.8, 4) is 11.5 Å². The van der Waals surface area contributed by atoms with Gasteiger partial charge < -0.3 is 14.6 Å². The fourth-order valence-corrected chi connectivity index (χ4v) is 4.29. The van der Waals surface area contributed by atoms with Crippen molar-refractivity contribution in [1.82, 2.24) is 4.90 Å². The van der Waals surface area contributed by atoms with E-state index < -0.39 is 0 Å². The topological polar surface area (TPSA) is 41.9 Å². The first-order valence-corrected chi connectivity index (χ1v) is 8.86. The van der Waals surface area contributed by atoms with Crippen molar-refractivity contribution in [2.24, 2.45) is 5.92 Å². The highest BCUT2D eigenvalue weighted by atomic mass is 16.5. The second-order valence-corrected chi connectivity index (χ2v) is 6.80. The lowest BCUT2D eigenvalue weighted by molar-refractivity contribution is -0.0267. The molecule has 1 saturated heterocycles. The molecule has 2 aliphatic rings. The van der Waals surface area contributed by atoms with Crippen LogP contribution in [0, 0.1) is 5.92 Å². The van der Waals surface area contributed by atoms with Crippen LogP contribution < -0.4 is 9.47 Å². The van der Waals surface area contributed by atoms with Crippen LogP contribution in [0.5, 0.6) is 11.5 Å². The Kier molecular flexibility index (Phi) is 5.12. The fourth-order valence-electron chi connectivity index (χ4n) is 4.29. The van der Waals surface area contributed by atoms with Crippen LogP contribution in [0.4, 0.5) is 0 Å². The van der Waals surface area contributed by atoms with Crippen LogP contribution in [0.15, 0.2) is 12.1 Å². The number of ether oxygens (including phenoxy) is 2. The molecule has 1 aromatic rings. The zero-order chi connectivity index (χ0) is 16.4. The van der Waals surface area contributed by atoms with E-state index in [-0.39, 0.29) is 6.10 Å². The molecule has 1 N–H and O–H groups in total. The first kappa shape index (κ1) is 16.6. The van der Waals surface area contributed by atoms with Gasteiger partial charge in [-0.1, -0.05) is 19.8 Å². The summed E-state index contributed by atoms with van der Waals surface area (Å²) in [5.41, 5.74) is 2.67. The Morgan fingerprint density at radius 2 is 1.91 bits per heavy atom. The molecule has 0 radical (unpaired) electrons. The molecule has 1 aromatic carbocycles. The average molecular weight is 319 g/mol. The van der Waals surface area contributed by atoms with Crippen molar-refractivity contribution >= 4 is 0 Å². The van der Waals surface area contributed by atoms with Crippen LogP contribution in [-0.4, -0.2) is 43.4 Å². The SMILES string of the molecule is CCCCC1C(O)CCN2CCc3cc(OC)c(OC)cc3C12. The largest absolute Gasteiger partial charge is 0.493 e. The monoisotopic (exact) mass is 319 g/mol. The zero-order valence-corrected chi connectivity index (χ0v) is 14.5. The summed E-state index contributed by atoms with van der Waals surface area (Å²) in [6.45, 7) is 4.28. The van der Waals surface area contributed by atoms with E-state index in [1.54, 1.807) is 14.2 Å². The molecule has 3 rings (SSSR count). The fraction of sp³-hybridized carbons (Fsp3) is 0.684. The van der Waals surface area contributed by atoms with E-state index in [0.29, 0.717) is 12.0 Å². The highest BCUT2D eigenvalue weighted by Gasteiger charge is 2.40. The third-order valence-corrected chi connectivity index (χ3v) is 5.53. The number of benzene rings is 1. The summed E-state index contributed by atoms with van der Waals surface area (Å²) in [5, 5.41) is 10.6. The number of rotatable bonds is 5. The number of nitrogens with zero attached hydrogens (tertiary/aromatic N) is 1. The average Bonchev–Trinajstić information content (AvgIpc) is 2.59. The van der Waals surface area contributed by atoms with Gasteiger partial charge in [0.05, 0.1) is 20.3 Å². The Morgan fingerprint density at radius 1 is 1.17 bits per heavy atom. The van der Waals surface area contributed by atoms with Crippen LogP contribution in [0.1, 0.15) is 49.8 Å². The molecule has 0 aliphatic carbocycles. The van der Waals surface area contributed by atoms with E-state index in [4.69, 9.17) is 9.47 Å². The van der Waals surface area contributed by atoms with Gasteiger partial charge in [0.2, 0.25) is 0 Å². The molecule has 4 nitrogen and oxygen atoms in total. The lowest BCUT2D eigenvalue weighted by Gasteiger charge is -2.47. The molecular formula is C19H29NO3. The summed E-state index contributed by atoms with van der Waals surface area (Å²) >= 11 is 0.